The summed E-state index contributed by atoms with van der Waals surface area (Å²) in [5, 5.41) is 9.41. The van der Waals surface area contributed by atoms with Crippen LogP contribution in [0.4, 0.5) is 0 Å². The van der Waals surface area contributed by atoms with E-state index in [1.54, 1.807) is 0 Å². The van der Waals surface area contributed by atoms with Crippen molar-refractivity contribution in [3.8, 4) is 11.8 Å². The van der Waals surface area contributed by atoms with E-state index in [1.807, 2.05) is 23.1 Å². The molecule has 1 fully saturated rings. The first-order valence-corrected chi connectivity index (χ1v) is 9.43. The number of hydrogen-bond acceptors (Lipinski definition) is 3. The number of hydrogen-bond donors (Lipinski definition) is 1. The molecule has 1 saturated heterocycles. The predicted molar refractivity (Wildman–Crippen MR) is 104 cm³/mol. The van der Waals surface area contributed by atoms with Crippen LogP contribution in [0.3, 0.4) is 0 Å². The third-order valence-corrected chi connectivity index (χ3v) is 4.48. The minimum Gasteiger partial charge on any atom is -0.394 e. The number of amides is 1. The van der Waals surface area contributed by atoms with Crippen molar-refractivity contribution in [3.05, 3.63) is 47.0 Å². The summed E-state index contributed by atoms with van der Waals surface area (Å²) in [5.41, 5.74) is 1.22. The number of carbonyl (C=O) groups is 1. The van der Waals surface area contributed by atoms with Crippen LogP contribution in [0.2, 0.25) is 5.02 Å². The lowest BCUT2D eigenvalue weighted by atomic mass is 10.0. The van der Waals surface area contributed by atoms with Gasteiger partial charge in [0.15, 0.2) is 0 Å². The molecule has 1 aromatic rings. The Balaban J connectivity index is 1.83. The zero-order valence-corrected chi connectivity index (χ0v) is 15.8. The maximum Gasteiger partial charge on any atom is 0.223 e. The van der Waals surface area contributed by atoms with Crippen molar-refractivity contribution >= 4 is 17.5 Å². The molecule has 1 aliphatic heterocycles. The van der Waals surface area contributed by atoms with E-state index in [4.69, 9.17) is 21.4 Å². The van der Waals surface area contributed by atoms with Crippen LogP contribution in [-0.2, 0) is 16.0 Å². The summed E-state index contributed by atoms with van der Waals surface area (Å²) in [5.74, 6) is 6.04. The number of aliphatic hydroxyl groups excluding tert-OH is 1. The highest BCUT2D eigenvalue weighted by Crippen LogP contribution is 2.19. The van der Waals surface area contributed by atoms with E-state index in [1.165, 1.54) is 5.56 Å². The molecule has 1 N–H and O–H groups in total. The molecule has 1 aliphatic rings. The summed E-state index contributed by atoms with van der Waals surface area (Å²) in [7, 11) is 0. The van der Waals surface area contributed by atoms with Crippen molar-refractivity contribution in [3.63, 3.8) is 0 Å². The van der Waals surface area contributed by atoms with E-state index in [2.05, 4.69) is 30.1 Å². The second-order valence-corrected chi connectivity index (χ2v) is 6.64. The molecule has 0 aliphatic carbocycles. The molecule has 2 rings (SSSR count). The Bertz CT molecular complexity index is 663. The highest BCUT2D eigenvalue weighted by atomic mass is 35.5. The molecular formula is C21H26ClNO3. The molecule has 0 unspecified atom stereocenters. The van der Waals surface area contributed by atoms with E-state index in [9.17, 15) is 4.79 Å². The van der Waals surface area contributed by atoms with Crippen molar-refractivity contribution in [1.29, 1.82) is 0 Å². The fourth-order valence-electron chi connectivity index (χ4n) is 2.93. The molecule has 140 valence electrons. The maximum absolute atomic E-state index is 12.2. The molecule has 0 radical (unpaired) electrons. The van der Waals surface area contributed by atoms with E-state index in [-0.39, 0.29) is 31.8 Å². The van der Waals surface area contributed by atoms with Gasteiger partial charge < -0.3 is 14.7 Å². The van der Waals surface area contributed by atoms with Gasteiger partial charge in [0.25, 0.3) is 0 Å². The summed E-state index contributed by atoms with van der Waals surface area (Å²) in [6.07, 6.45) is 8.61. The summed E-state index contributed by atoms with van der Waals surface area (Å²) in [4.78, 5) is 14.1. The van der Waals surface area contributed by atoms with Gasteiger partial charge in [-0.25, -0.2) is 0 Å². The molecule has 1 heterocycles. The number of carbonyl (C=O) groups excluding carboxylic acids is 1. The van der Waals surface area contributed by atoms with Crippen LogP contribution in [0.5, 0.6) is 0 Å². The molecule has 26 heavy (non-hydrogen) atoms. The molecule has 4 nitrogen and oxygen atoms in total. The van der Waals surface area contributed by atoms with Gasteiger partial charge in [0.1, 0.15) is 6.61 Å². The first-order valence-electron chi connectivity index (χ1n) is 9.05. The van der Waals surface area contributed by atoms with Crippen molar-refractivity contribution in [1.82, 2.24) is 4.90 Å². The van der Waals surface area contributed by atoms with Gasteiger partial charge in [0, 0.05) is 11.4 Å². The first kappa shape index (κ1) is 20.5. The zero-order chi connectivity index (χ0) is 18.6. The monoisotopic (exact) mass is 375 g/mol. The van der Waals surface area contributed by atoms with Crippen molar-refractivity contribution in [2.45, 2.75) is 38.1 Å². The number of benzene rings is 1. The maximum atomic E-state index is 12.2. The third kappa shape index (κ3) is 7.21. The lowest BCUT2D eigenvalue weighted by Gasteiger charge is -2.32. The van der Waals surface area contributed by atoms with E-state index < -0.39 is 0 Å². The highest BCUT2D eigenvalue weighted by molar-refractivity contribution is 6.30. The average molecular weight is 376 g/mol. The zero-order valence-electron chi connectivity index (χ0n) is 15.0. The molecule has 0 saturated carbocycles. The molecule has 1 amide bonds. The number of allylic oxidation sites excluding steroid dienone is 1. The standard InChI is InChI=1S/C21H26ClNO3/c22-19-9-5-8-18(17-19)7-1-2-10-20-11-6-12-21(25)23(20)13-3-4-15-26-16-14-24/h2,5,8-10,17,20,24H,1,6-7,11-16H2/b10-2+/t20-/m0/s1. The van der Waals surface area contributed by atoms with Crippen molar-refractivity contribution < 1.29 is 14.6 Å². The molecule has 5 heteroatoms. The summed E-state index contributed by atoms with van der Waals surface area (Å²) >= 11 is 6.01. The van der Waals surface area contributed by atoms with Gasteiger partial charge in [-0.15, -0.1) is 0 Å². The van der Waals surface area contributed by atoms with Gasteiger partial charge in [0.05, 0.1) is 25.8 Å². The van der Waals surface area contributed by atoms with Gasteiger partial charge in [-0.05, 0) is 43.4 Å². The van der Waals surface area contributed by atoms with Gasteiger partial charge in [-0.1, -0.05) is 47.7 Å². The molecular weight excluding hydrogens is 350 g/mol. The quantitative estimate of drug-likeness (QED) is 0.431. The number of ether oxygens (including phenoxy) is 1. The van der Waals surface area contributed by atoms with Crippen molar-refractivity contribution in [2.75, 3.05) is 26.4 Å². The Hall–Kier alpha value is -1.80. The number of halogens is 1. The number of piperidine rings is 1. The normalized spacial score (nSPS) is 17.4. The van der Waals surface area contributed by atoms with E-state index in [0.29, 0.717) is 13.0 Å². The van der Waals surface area contributed by atoms with Gasteiger partial charge in [-0.2, -0.15) is 0 Å². The fourth-order valence-corrected chi connectivity index (χ4v) is 3.14. The number of nitrogens with zero attached hydrogens (tertiary/aromatic N) is 1. The summed E-state index contributed by atoms with van der Waals surface area (Å²) in [6.45, 7) is 0.983. The second kappa shape index (κ2) is 11.7. The number of aryl methyl sites for hydroxylation is 1. The minimum absolute atomic E-state index is 0.00561. The average Bonchev–Trinajstić information content (AvgIpc) is 2.63. The SMILES string of the molecule is O=C1CCC[C@H](/C=C/CCc2cccc(Cl)c2)N1CC#CCOCCO. The molecule has 0 bridgehead atoms. The third-order valence-electron chi connectivity index (χ3n) is 4.24. The van der Waals surface area contributed by atoms with Crippen molar-refractivity contribution in [2.24, 2.45) is 0 Å². The first-order chi connectivity index (χ1) is 12.7. The van der Waals surface area contributed by atoms with Crippen LogP contribution >= 0.6 is 11.6 Å². The van der Waals surface area contributed by atoms with Crippen LogP contribution in [0, 0.1) is 11.8 Å². The lowest BCUT2D eigenvalue weighted by Crippen LogP contribution is -2.42. The van der Waals surface area contributed by atoms with Crippen LogP contribution < -0.4 is 0 Å². The highest BCUT2D eigenvalue weighted by Gasteiger charge is 2.25. The lowest BCUT2D eigenvalue weighted by molar-refractivity contribution is -0.134. The number of rotatable bonds is 8. The largest absolute Gasteiger partial charge is 0.394 e. The predicted octanol–water partition coefficient (Wildman–Crippen LogP) is 3.22. The topological polar surface area (TPSA) is 49.8 Å². The summed E-state index contributed by atoms with van der Waals surface area (Å²) in [6, 6.07) is 8.02. The minimum atomic E-state index is -0.00561. The number of likely N-dealkylation sites (tertiary alicyclic amines) is 1. The Labute approximate surface area is 160 Å². The Morgan fingerprint density at radius 3 is 3.08 bits per heavy atom. The van der Waals surface area contributed by atoms with Gasteiger partial charge in [-0.3, -0.25) is 4.79 Å². The van der Waals surface area contributed by atoms with E-state index in [0.717, 1.165) is 30.7 Å². The number of aliphatic hydroxyl groups is 1. The Kier molecular flexibility index (Phi) is 9.27. The molecule has 1 atom stereocenters. The summed E-state index contributed by atoms with van der Waals surface area (Å²) < 4.78 is 5.11. The molecule has 0 aromatic heterocycles. The fraction of sp³-hybridized carbons (Fsp3) is 0.476. The Morgan fingerprint density at radius 1 is 1.38 bits per heavy atom. The Morgan fingerprint density at radius 2 is 2.27 bits per heavy atom. The second-order valence-electron chi connectivity index (χ2n) is 6.21. The smallest absolute Gasteiger partial charge is 0.223 e. The van der Waals surface area contributed by atoms with Crippen LogP contribution in [0.15, 0.2) is 36.4 Å². The van der Waals surface area contributed by atoms with Crippen LogP contribution in [-0.4, -0.2) is 48.3 Å². The van der Waals surface area contributed by atoms with Crippen LogP contribution in [0.25, 0.3) is 0 Å². The van der Waals surface area contributed by atoms with Crippen LogP contribution in [0.1, 0.15) is 31.2 Å². The molecule has 1 aromatic carbocycles. The van der Waals surface area contributed by atoms with E-state index >= 15 is 0 Å². The molecule has 0 spiro atoms. The van der Waals surface area contributed by atoms with Gasteiger partial charge >= 0.3 is 0 Å². The van der Waals surface area contributed by atoms with Gasteiger partial charge in [0.2, 0.25) is 5.91 Å².